The van der Waals surface area contributed by atoms with Gasteiger partial charge in [-0.2, -0.15) is 0 Å². The Morgan fingerprint density at radius 1 is 1.18 bits per heavy atom. The summed E-state index contributed by atoms with van der Waals surface area (Å²) in [5, 5.41) is 2.71. The van der Waals surface area contributed by atoms with Crippen molar-refractivity contribution in [3.8, 4) is 5.75 Å². The molecule has 0 aliphatic rings. The van der Waals surface area contributed by atoms with E-state index in [1.807, 2.05) is 0 Å². The highest BCUT2D eigenvalue weighted by atomic mass is 19.1. The van der Waals surface area contributed by atoms with E-state index in [0.29, 0.717) is 18.7 Å². The zero-order valence-corrected chi connectivity index (χ0v) is 13.5. The summed E-state index contributed by atoms with van der Waals surface area (Å²) in [5.74, 6) is -0.407. The van der Waals surface area contributed by atoms with Gasteiger partial charge in [0.1, 0.15) is 6.61 Å². The fourth-order valence-electron chi connectivity index (χ4n) is 2.04. The first-order valence-corrected chi connectivity index (χ1v) is 7.88. The number of benzene rings is 1. The summed E-state index contributed by atoms with van der Waals surface area (Å²) >= 11 is 0. The summed E-state index contributed by atoms with van der Waals surface area (Å²) in [7, 11) is 1.56. The Bertz CT molecular complexity index is 452. The third-order valence-electron chi connectivity index (χ3n) is 3.27. The van der Waals surface area contributed by atoms with E-state index in [1.54, 1.807) is 13.2 Å². The van der Waals surface area contributed by atoms with E-state index in [-0.39, 0.29) is 18.3 Å². The average Bonchev–Trinajstić information content (AvgIpc) is 2.49. The number of methoxy groups -OCH3 is 1. The zero-order valence-electron chi connectivity index (χ0n) is 13.5. The molecule has 1 N–H and O–H groups in total. The van der Waals surface area contributed by atoms with Gasteiger partial charge in [-0.05, 0) is 18.6 Å². The normalized spacial score (nSPS) is 10.5. The summed E-state index contributed by atoms with van der Waals surface area (Å²) in [4.78, 5) is 11.8. The third-order valence-corrected chi connectivity index (χ3v) is 3.27. The van der Waals surface area contributed by atoms with E-state index in [1.165, 1.54) is 25.0 Å². The molecule has 0 aromatic heterocycles. The standard InChI is InChI=1S/C17H26FNO3/c1-3-4-5-6-7-8-17(20)19-14-9-10-16(15(18)13-14)22-12-11-21-2/h9-10,13H,3-8,11-12H2,1-2H3,(H,19,20). The van der Waals surface area contributed by atoms with Crippen LogP contribution < -0.4 is 10.1 Å². The second kappa shape index (κ2) is 11.0. The maximum Gasteiger partial charge on any atom is 0.224 e. The minimum absolute atomic E-state index is 0.0797. The smallest absolute Gasteiger partial charge is 0.224 e. The lowest BCUT2D eigenvalue weighted by Gasteiger charge is -2.09. The Labute approximate surface area is 132 Å². The van der Waals surface area contributed by atoms with Crippen molar-refractivity contribution in [1.29, 1.82) is 0 Å². The van der Waals surface area contributed by atoms with Crippen LogP contribution in [0, 0.1) is 5.82 Å². The summed E-state index contributed by atoms with van der Waals surface area (Å²) in [6.07, 6.45) is 5.94. The lowest BCUT2D eigenvalue weighted by molar-refractivity contribution is -0.116. The highest BCUT2D eigenvalue weighted by Gasteiger charge is 2.07. The largest absolute Gasteiger partial charge is 0.488 e. The van der Waals surface area contributed by atoms with Crippen LogP contribution in [0.1, 0.15) is 45.4 Å². The average molecular weight is 311 g/mol. The predicted octanol–water partition coefficient (Wildman–Crippen LogP) is 4.15. The van der Waals surface area contributed by atoms with E-state index in [4.69, 9.17) is 9.47 Å². The Balaban J connectivity index is 2.36. The number of ether oxygens (including phenoxy) is 2. The van der Waals surface area contributed by atoms with Crippen molar-refractivity contribution in [2.24, 2.45) is 0 Å². The molecule has 1 aromatic carbocycles. The molecule has 4 nitrogen and oxygen atoms in total. The van der Waals surface area contributed by atoms with Crippen LogP contribution in [-0.2, 0) is 9.53 Å². The van der Waals surface area contributed by atoms with Crippen molar-refractivity contribution < 1.29 is 18.7 Å². The van der Waals surface area contributed by atoms with Crippen LogP contribution in [0.2, 0.25) is 0 Å². The molecule has 1 aromatic rings. The van der Waals surface area contributed by atoms with Gasteiger partial charge in [0, 0.05) is 25.3 Å². The summed E-state index contributed by atoms with van der Waals surface area (Å²) in [6.45, 7) is 2.84. The number of nitrogens with one attached hydrogen (secondary N) is 1. The van der Waals surface area contributed by atoms with Gasteiger partial charge in [0.15, 0.2) is 11.6 Å². The second-order valence-electron chi connectivity index (χ2n) is 5.20. The molecular weight excluding hydrogens is 285 g/mol. The molecular formula is C17H26FNO3. The molecule has 0 unspecified atom stereocenters. The number of hydrogen-bond donors (Lipinski definition) is 1. The monoisotopic (exact) mass is 311 g/mol. The Morgan fingerprint density at radius 3 is 2.64 bits per heavy atom. The van der Waals surface area contributed by atoms with Crippen molar-refractivity contribution in [1.82, 2.24) is 0 Å². The van der Waals surface area contributed by atoms with E-state index in [9.17, 15) is 9.18 Å². The van der Waals surface area contributed by atoms with E-state index in [2.05, 4.69) is 12.2 Å². The van der Waals surface area contributed by atoms with Crippen molar-refractivity contribution in [2.45, 2.75) is 45.4 Å². The quantitative estimate of drug-likeness (QED) is 0.625. The highest BCUT2D eigenvalue weighted by molar-refractivity contribution is 5.90. The number of amides is 1. The fourth-order valence-corrected chi connectivity index (χ4v) is 2.04. The molecule has 0 spiro atoms. The van der Waals surface area contributed by atoms with Gasteiger partial charge >= 0.3 is 0 Å². The lowest BCUT2D eigenvalue weighted by atomic mass is 10.1. The molecule has 0 bridgehead atoms. The lowest BCUT2D eigenvalue weighted by Crippen LogP contribution is -2.11. The van der Waals surface area contributed by atoms with Gasteiger partial charge in [-0.15, -0.1) is 0 Å². The molecule has 0 aliphatic heterocycles. The van der Waals surface area contributed by atoms with E-state index in [0.717, 1.165) is 19.3 Å². The van der Waals surface area contributed by atoms with Gasteiger partial charge in [0.05, 0.1) is 6.61 Å². The first-order valence-electron chi connectivity index (χ1n) is 7.88. The van der Waals surface area contributed by atoms with Crippen molar-refractivity contribution in [2.75, 3.05) is 25.6 Å². The van der Waals surface area contributed by atoms with Crippen LogP contribution in [-0.4, -0.2) is 26.2 Å². The molecule has 0 radical (unpaired) electrons. The minimum Gasteiger partial charge on any atom is -0.488 e. The molecule has 0 atom stereocenters. The molecule has 0 saturated heterocycles. The number of halogens is 1. The van der Waals surface area contributed by atoms with Crippen LogP contribution in [0.15, 0.2) is 18.2 Å². The fraction of sp³-hybridized carbons (Fsp3) is 0.588. The number of carbonyl (C=O) groups excluding carboxylic acids is 1. The molecule has 0 aliphatic carbocycles. The van der Waals surface area contributed by atoms with Crippen LogP contribution in [0.25, 0.3) is 0 Å². The predicted molar refractivity (Wildman–Crippen MR) is 85.8 cm³/mol. The Hall–Kier alpha value is -1.62. The number of carbonyl (C=O) groups is 1. The van der Waals surface area contributed by atoms with Crippen molar-refractivity contribution >= 4 is 11.6 Å². The van der Waals surface area contributed by atoms with Crippen molar-refractivity contribution in [3.63, 3.8) is 0 Å². The van der Waals surface area contributed by atoms with Gasteiger partial charge < -0.3 is 14.8 Å². The molecule has 5 heteroatoms. The molecule has 124 valence electrons. The first kappa shape index (κ1) is 18.4. The van der Waals surface area contributed by atoms with Gasteiger partial charge in [-0.1, -0.05) is 32.6 Å². The topological polar surface area (TPSA) is 47.6 Å². The van der Waals surface area contributed by atoms with E-state index < -0.39 is 5.82 Å². The summed E-state index contributed by atoms with van der Waals surface area (Å²) in [5.41, 5.74) is 0.454. The summed E-state index contributed by atoms with van der Waals surface area (Å²) in [6, 6.07) is 4.43. The number of rotatable bonds is 11. The second-order valence-corrected chi connectivity index (χ2v) is 5.20. The molecule has 1 amide bonds. The molecule has 22 heavy (non-hydrogen) atoms. The Morgan fingerprint density at radius 2 is 1.95 bits per heavy atom. The SMILES string of the molecule is CCCCCCCC(=O)Nc1ccc(OCCOC)c(F)c1. The van der Waals surface area contributed by atoms with Gasteiger partial charge in [0.25, 0.3) is 0 Å². The minimum atomic E-state index is -0.489. The molecule has 1 rings (SSSR count). The number of anilines is 1. The van der Waals surface area contributed by atoms with E-state index >= 15 is 0 Å². The Kier molecular flexibility index (Phi) is 9.23. The van der Waals surface area contributed by atoms with Crippen LogP contribution >= 0.6 is 0 Å². The first-order chi connectivity index (χ1) is 10.7. The number of hydrogen-bond acceptors (Lipinski definition) is 3. The van der Waals surface area contributed by atoms with Gasteiger partial charge in [-0.3, -0.25) is 4.79 Å². The highest BCUT2D eigenvalue weighted by Crippen LogP contribution is 2.21. The zero-order chi connectivity index (χ0) is 16.2. The third kappa shape index (κ3) is 7.41. The maximum atomic E-state index is 13.8. The maximum absolute atomic E-state index is 13.8. The molecule has 0 fully saturated rings. The summed E-state index contributed by atoms with van der Waals surface area (Å²) < 4.78 is 23.9. The van der Waals surface area contributed by atoms with Crippen LogP contribution in [0.5, 0.6) is 5.75 Å². The van der Waals surface area contributed by atoms with Crippen LogP contribution in [0.3, 0.4) is 0 Å². The molecule has 0 heterocycles. The van der Waals surface area contributed by atoms with Gasteiger partial charge in [-0.25, -0.2) is 4.39 Å². The van der Waals surface area contributed by atoms with Crippen LogP contribution in [0.4, 0.5) is 10.1 Å². The number of unbranched alkanes of at least 4 members (excludes halogenated alkanes) is 4. The van der Waals surface area contributed by atoms with Crippen molar-refractivity contribution in [3.05, 3.63) is 24.0 Å². The molecule has 0 saturated carbocycles. The van der Waals surface area contributed by atoms with Gasteiger partial charge in [0.2, 0.25) is 5.91 Å².